The van der Waals surface area contributed by atoms with Crippen molar-refractivity contribution < 1.29 is 0 Å². The molecule has 0 radical (unpaired) electrons. The van der Waals surface area contributed by atoms with Gasteiger partial charge in [0.25, 0.3) is 6.71 Å². The van der Waals surface area contributed by atoms with Crippen LogP contribution in [0.2, 0.25) is 0 Å². The zero-order valence-corrected chi connectivity index (χ0v) is 59.2. The van der Waals surface area contributed by atoms with Crippen LogP contribution < -0.4 is 26.2 Å². The lowest BCUT2D eigenvalue weighted by Crippen LogP contribution is -2.62. The lowest BCUT2D eigenvalue weighted by atomic mass is 9.32. The number of anilines is 6. The van der Waals surface area contributed by atoms with Crippen LogP contribution in [0.4, 0.5) is 34.1 Å². The van der Waals surface area contributed by atoms with Crippen molar-refractivity contribution in [1.82, 2.24) is 4.57 Å². The van der Waals surface area contributed by atoms with Gasteiger partial charge in [0.15, 0.2) is 0 Å². The zero-order chi connectivity index (χ0) is 70.7. The minimum absolute atomic E-state index is 0.324. The predicted molar refractivity (Wildman–Crippen MR) is 449 cm³/mol. The van der Waals surface area contributed by atoms with Crippen molar-refractivity contribution in [2.24, 2.45) is 0 Å². The third kappa shape index (κ3) is 6.88. The van der Waals surface area contributed by atoms with E-state index in [2.05, 4.69) is 390 Å². The highest BCUT2D eigenvalue weighted by Gasteiger charge is 2.59. The summed E-state index contributed by atoms with van der Waals surface area (Å²) in [6.07, 6.45) is 0. The molecule has 8 aliphatic rings. The van der Waals surface area contributed by atoms with Gasteiger partial charge in [0.1, 0.15) is 0 Å². The average Bonchev–Trinajstić information content (AvgIpc) is 1.54. The number of hydrogen-bond donors (Lipinski definition) is 0. The summed E-state index contributed by atoms with van der Waals surface area (Å²) in [4.78, 5) is 5.58. The molecule has 17 aromatic carbocycles. The van der Waals surface area contributed by atoms with Gasteiger partial charge in [-0.3, -0.25) is 0 Å². The van der Waals surface area contributed by atoms with E-state index in [1.54, 1.807) is 0 Å². The number of para-hydroxylation sites is 2. The first kappa shape index (κ1) is 58.5. The Hall–Kier alpha value is -13.8. The third-order valence-corrected chi connectivity index (χ3v) is 26.6. The fraction of sp³-hybridized carbons (Fsp3) is 0.0286. The summed E-state index contributed by atoms with van der Waals surface area (Å²) < 4.78 is 2.58. The van der Waals surface area contributed by atoms with E-state index >= 15 is 0 Å². The average molecular weight is 1380 g/mol. The lowest BCUT2D eigenvalue weighted by molar-refractivity contribution is 0.792. The monoisotopic (exact) mass is 1380 g/mol. The van der Waals surface area contributed by atoms with E-state index in [0.29, 0.717) is 0 Å². The summed E-state index contributed by atoms with van der Waals surface area (Å²) in [5, 5.41) is 2.44. The molecule has 500 valence electrons. The zero-order valence-electron chi connectivity index (χ0n) is 59.2. The Bertz CT molecular complexity index is 6930. The molecule has 0 amide bonds. The van der Waals surface area contributed by atoms with E-state index in [1.807, 2.05) is 0 Å². The molecule has 3 nitrogen and oxygen atoms in total. The molecule has 18 aromatic rings. The number of fused-ring (bicyclic) bond motifs is 38. The van der Waals surface area contributed by atoms with Gasteiger partial charge in [0.2, 0.25) is 0 Å². The summed E-state index contributed by atoms with van der Waals surface area (Å²) >= 11 is 0. The van der Waals surface area contributed by atoms with E-state index in [1.165, 1.54) is 177 Å². The first-order chi connectivity index (χ1) is 54.1. The Kier molecular flexibility index (Phi) is 11.2. The van der Waals surface area contributed by atoms with Gasteiger partial charge in [-0.25, -0.2) is 0 Å². The maximum absolute atomic E-state index is 2.81. The van der Waals surface area contributed by atoms with Crippen molar-refractivity contribution in [3.63, 3.8) is 0 Å². The van der Waals surface area contributed by atoms with Gasteiger partial charge >= 0.3 is 0 Å². The van der Waals surface area contributed by atoms with Crippen LogP contribution in [-0.2, 0) is 16.2 Å². The number of rotatable bonds is 4. The molecule has 0 atom stereocenters. The molecule has 3 spiro atoms. The highest BCUT2D eigenvalue weighted by atomic mass is 15.2. The molecule has 3 heterocycles. The molecule has 6 aliphatic carbocycles. The largest absolute Gasteiger partial charge is 0.311 e. The minimum atomic E-state index is -0.702. The SMILES string of the molecule is c1ccc(-c2ccc3c(c2)B2c4c(cc(-n5c6ccccc6c6ccccc65)cc4N(c4cccc5c4C4(c6ccccc6-c6ccccc64)c4ccccc4-5)c4ccc5c(c42)-c2ccccc2C52c4ccccc4-c4ccccc42)N3c2cccc3c2C2(c4ccccc4-c4ccccc42)c2ccccc2-3)cc1. The summed E-state index contributed by atoms with van der Waals surface area (Å²) in [5.74, 6) is 0. The molecule has 26 rings (SSSR count). The van der Waals surface area contributed by atoms with Crippen LogP contribution in [0.3, 0.4) is 0 Å². The van der Waals surface area contributed by atoms with Crippen molar-refractivity contribution in [2.75, 3.05) is 9.80 Å². The molecule has 109 heavy (non-hydrogen) atoms. The van der Waals surface area contributed by atoms with E-state index in [4.69, 9.17) is 0 Å². The summed E-state index contributed by atoms with van der Waals surface area (Å²) in [5.41, 5.74) is 45.6. The fourth-order valence-corrected chi connectivity index (χ4v) is 23.0. The van der Waals surface area contributed by atoms with Crippen LogP contribution in [0.5, 0.6) is 0 Å². The normalized spacial score (nSPS) is 15.0. The van der Waals surface area contributed by atoms with Crippen molar-refractivity contribution in [3.8, 4) is 83.6 Å². The van der Waals surface area contributed by atoms with E-state index in [0.717, 1.165) is 45.2 Å². The van der Waals surface area contributed by atoms with Crippen molar-refractivity contribution in [1.29, 1.82) is 0 Å². The molecule has 0 unspecified atom stereocenters. The Morgan fingerprint density at radius 3 is 1.01 bits per heavy atom. The van der Waals surface area contributed by atoms with E-state index < -0.39 is 16.2 Å². The first-order valence-electron chi connectivity index (χ1n) is 38.4. The number of benzene rings is 17. The maximum atomic E-state index is 2.81. The quantitative estimate of drug-likeness (QED) is 0.163. The Labute approximate surface area is 631 Å². The highest BCUT2D eigenvalue weighted by Crippen LogP contribution is 2.70. The Morgan fingerprint density at radius 1 is 0.211 bits per heavy atom. The van der Waals surface area contributed by atoms with Gasteiger partial charge in [-0.1, -0.05) is 328 Å². The minimum Gasteiger partial charge on any atom is -0.311 e. The second-order valence-electron chi connectivity index (χ2n) is 31.0. The van der Waals surface area contributed by atoms with Crippen LogP contribution in [0.25, 0.3) is 105 Å². The second-order valence-corrected chi connectivity index (χ2v) is 31.0. The fourth-order valence-electron chi connectivity index (χ4n) is 23.0. The molecule has 0 fully saturated rings. The highest BCUT2D eigenvalue weighted by molar-refractivity contribution is 7.01. The number of nitrogens with zero attached hydrogens (tertiary/aromatic N) is 3. The first-order valence-corrected chi connectivity index (χ1v) is 38.4. The summed E-state index contributed by atoms with van der Waals surface area (Å²) in [6, 6.07) is 146. The van der Waals surface area contributed by atoms with Crippen LogP contribution in [0.15, 0.2) is 376 Å². The second kappa shape index (κ2) is 20.8. The molecule has 0 saturated carbocycles. The van der Waals surface area contributed by atoms with Crippen LogP contribution in [-0.4, -0.2) is 11.3 Å². The number of aromatic nitrogens is 1. The smallest absolute Gasteiger partial charge is 0.252 e. The van der Waals surface area contributed by atoms with Gasteiger partial charge in [0, 0.05) is 44.6 Å². The van der Waals surface area contributed by atoms with E-state index in [-0.39, 0.29) is 6.71 Å². The van der Waals surface area contributed by atoms with Crippen molar-refractivity contribution in [3.05, 3.63) is 443 Å². The summed E-state index contributed by atoms with van der Waals surface area (Å²) in [7, 11) is 0. The molecule has 0 saturated heterocycles. The molecule has 0 bridgehead atoms. The maximum Gasteiger partial charge on any atom is 0.252 e. The Morgan fingerprint density at radius 2 is 0.560 bits per heavy atom. The third-order valence-electron chi connectivity index (χ3n) is 26.6. The van der Waals surface area contributed by atoms with Crippen molar-refractivity contribution >= 4 is 79.0 Å². The molecule has 2 aliphatic heterocycles. The molecule has 4 heteroatoms. The van der Waals surface area contributed by atoms with Gasteiger partial charge in [0.05, 0.1) is 44.3 Å². The van der Waals surface area contributed by atoms with Gasteiger partial charge < -0.3 is 14.4 Å². The molecular formula is C105H62BN3. The van der Waals surface area contributed by atoms with Gasteiger partial charge in [-0.2, -0.15) is 0 Å². The lowest BCUT2D eigenvalue weighted by Gasteiger charge is -2.47. The van der Waals surface area contributed by atoms with Crippen LogP contribution in [0.1, 0.15) is 66.8 Å². The van der Waals surface area contributed by atoms with E-state index in [9.17, 15) is 0 Å². The number of hydrogen-bond acceptors (Lipinski definition) is 2. The predicted octanol–water partition coefficient (Wildman–Crippen LogP) is 23.6. The molecule has 0 N–H and O–H groups in total. The standard InChI is InChI=1S/C105H62BN3/c1-2-28-63(29-3-1)64-56-58-92-89(60-64)106-101-96(108(92)93-54-26-41-76-72-36-10-21-49-85(72)104(99(76)93)81-45-17-6-32-68(81)69-33-7-18-46-82(69)104)61-65(107-90-52-24-13-38-74(90)75-39-14-25-53-91(75)107)62-97(101)109(94-55-27-42-77-73-37-11-22-50-86(73)105(100(77)94)83-47-19-8-34-70(83)71-35-9-20-48-84(71)105)95-59-57-88-98(102(95)106)78-40-12-23-51-87(78)103(88)79-43-15-4-30-66(79)67-31-5-16-44-80(67)103/h1-62H. The molecular weight excluding hydrogens is 1310 g/mol. The van der Waals surface area contributed by atoms with Crippen molar-refractivity contribution in [2.45, 2.75) is 16.2 Å². The Balaban J connectivity index is 0.870. The van der Waals surface area contributed by atoms with Gasteiger partial charge in [-0.15, -0.1) is 0 Å². The summed E-state index contributed by atoms with van der Waals surface area (Å²) in [6.45, 7) is -0.324. The van der Waals surface area contributed by atoms with Crippen LogP contribution >= 0.6 is 0 Å². The van der Waals surface area contributed by atoms with Gasteiger partial charge in [-0.05, 0) is 198 Å². The molecule has 1 aromatic heterocycles. The topological polar surface area (TPSA) is 11.4 Å². The van der Waals surface area contributed by atoms with Crippen LogP contribution in [0, 0.1) is 0 Å².